The summed E-state index contributed by atoms with van der Waals surface area (Å²) in [6.45, 7) is 1.64. The van der Waals surface area contributed by atoms with Gasteiger partial charge in [-0.1, -0.05) is 6.07 Å². The zero-order chi connectivity index (χ0) is 26.8. The molecule has 0 amide bonds. The number of nitrogens with two attached hydrogens (primary N) is 1. The van der Waals surface area contributed by atoms with Crippen molar-refractivity contribution < 1.29 is 31.1 Å². The van der Waals surface area contributed by atoms with Crippen LogP contribution in [0.5, 0.6) is 0 Å². The van der Waals surface area contributed by atoms with Crippen molar-refractivity contribution in [3.8, 4) is 11.4 Å². The molecule has 194 valence electrons. The number of alkyl halides is 5. The van der Waals surface area contributed by atoms with Gasteiger partial charge in [-0.25, -0.2) is 15.2 Å². The fourth-order valence-electron chi connectivity index (χ4n) is 4.50. The molecule has 3 N–H and O–H groups in total. The van der Waals surface area contributed by atoms with Gasteiger partial charge in [-0.05, 0) is 37.3 Å². The van der Waals surface area contributed by atoms with E-state index in [4.69, 9.17) is 5.84 Å². The van der Waals surface area contributed by atoms with E-state index in [9.17, 15) is 31.1 Å². The average Bonchev–Trinajstić information content (AvgIpc) is 3.42. The lowest BCUT2D eigenvalue weighted by atomic mass is 9.85. The third-order valence-electron chi connectivity index (χ3n) is 6.67. The van der Waals surface area contributed by atoms with Gasteiger partial charge in [-0.3, -0.25) is 14.8 Å². The molecule has 1 atom stereocenters. The Labute approximate surface area is 205 Å². The first-order valence-electron chi connectivity index (χ1n) is 11.2. The number of hydrogen-bond acceptors (Lipinski definition) is 5. The molecule has 5 rings (SSSR count). The van der Waals surface area contributed by atoms with Crippen LogP contribution in [-0.4, -0.2) is 37.2 Å². The first kappa shape index (κ1) is 24.8. The minimum Gasteiger partial charge on any atom is -0.355 e. The van der Waals surface area contributed by atoms with Crippen molar-refractivity contribution in [2.24, 2.45) is 5.84 Å². The molecule has 0 saturated heterocycles. The predicted octanol–water partition coefficient (Wildman–Crippen LogP) is 4.71. The van der Waals surface area contributed by atoms with Gasteiger partial charge in [0.05, 0.1) is 29.0 Å². The number of hydrazine groups is 1. The largest absolute Gasteiger partial charge is 0.453 e. The average molecular weight is 522 g/mol. The number of fused-ring (bicyclic) bond motifs is 2. The molecule has 0 bridgehead atoms. The van der Waals surface area contributed by atoms with Crippen LogP contribution in [0.15, 0.2) is 48.8 Å². The van der Waals surface area contributed by atoms with Crippen molar-refractivity contribution in [1.82, 2.24) is 19.4 Å². The number of carbonyl (C=O) groups excluding carboxylic acids is 1. The Kier molecular flexibility index (Phi) is 5.59. The van der Waals surface area contributed by atoms with Crippen LogP contribution >= 0.6 is 0 Å². The summed E-state index contributed by atoms with van der Waals surface area (Å²) < 4.78 is 80.3. The number of aromatic amines is 1. The minimum atomic E-state index is -5.72. The van der Waals surface area contributed by atoms with Gasteiger partial charge in [0.2, 0.25) is 0 Å². The Morgan fingerprint density at radius 1 is 1.16 bits per heavy atom. The molecule has 37 heavy (non-hydrogen) atoms. The lowest BCUT2D eigenvalue weighted by molar-refractivity contribution is -0.284. The number of nitrogens with one attached hydrogen (secondary N) is 1. The van der Waals surface area contributed by atoms with Gasteiger partial charge in [-0.2, -0.15) is 22.0 Å². The first-order valence-corrected chi connectivity index (χ1v) is 11.2. The van der Waals surface area contributed by atoms with Gasteiger partial charge >= 0.3 is 12.1 Å². The molecule has 1 aliphatic rings. The summed E-state index contributed by atoms with van der Waals surface area (Å²) in [6.07, 6.45) is -5.56. The standard InChI is InChI=1S/C24H20F6N6O/c1-22(18-4-2-3-9-32-18)19(37)11-14-17(36(22)31)10-15(33-14)21-16-6-5-13(25)12-35(16)20(34-21)7-8-23(26,27)24(28,29)30/h2-6,9-10,12,33H,7-8,11,31H2,1H3. The molecule has 0 radical (unpaired) electrons. The summed E-state index contributed by atoms with van der Waals surface area (Å²) in [7, 11) is 0. The maximum absolute atomic E-state index is 14.0. The first-order chi connectivity index (χ1) is 17.3. The van der Waals surface area contributed by atoms with Gasteiger partial charge in [0.25, 0.3) is 0 Å². The lowest BCUT2D eigenvalue weighted by Gasteiger charge is -2.40. The van der Waals surface area contributed by atoms with E-state index in [-0.39, 0.29) is 29.2 Å². The molecule has 0 saturated carbocycles. The normalized spacial score (nSPS) is 18.5. The fourth-order valence-corrected chi connectivity index (χ4v) is 4.50. The van der Waals surface area contributed by atoms with Crippen LogP contribution in [0, 0.1) is 5.82 Å². The molecule has 0 aliphatic carbocycles. The van der Waals surface area contributed by atoms with Gasteiger partial charge in [0.15, 0.2) is 11.3 Å². The molecule has 13 heteroatoms. The monoisotopic (exact) mass is 522 g/mol. The highest BCUT2D eigenvalue weighted by Gasteiger charge is 2.56. The Bertz CT molecular complexity index is 1490. The number of H-pyrrole nitrogens is 1. The summed E-state index contributed by atoms with van der Waals surface area (Å²) >= 11 is 0. The van der Waals surface area contributed by atoms with Crippen LogP contribution < -0.4 is 10.9 Å². The van der Waals surface area contributed by atoms with Gasteiger partial charge in [-0.15, -0.1) is 0 Å². The number of aromatic nitrogens is 4. The molecule has 4 aromatic heterocycles. The fraction of sp³-hybridized carbons (Fsp3) is 0.292. The quantitative estimate of drug-likeness (QED) is 0.293. The van der Waals surface area contributed by atoms with Crippen LogP contribution in [0.2, 0.25) is 0 Å². The number of nitrogens with zero attached hydrogens (tertiary/aromatic N) is 4. The zero-order valence-corrected chi connectivity index (χ0v) is 19.3. The van der Waals surface area contributed by atoms with Gasteiger partial charge < -0.3 is 9.38 Å². The van der Waals surface area contributed by atoms with Crippen molar-refractivity contribution in [3.63, 3.8) is 0 Å². The SMILES string of the molecule is CC1(c2ccccn2)C(=O)Cc2[nH]c(-c3nc(CCC(F)(F)C(F)(F)F)n4cc(F)ccc34)cc2N1N. The predicted molar refractivity (Wildman–Crippen MR) is 121 cm³/mol. The highest BCUT2D eigenvalue weighted by atomic mass is 19.4. The van der Waals surface area contributed by atoms with E-state index in [1.165, 1.54) is 11.1 Å². The highest BCUT2D eigenvalue weighted by Crippen LogP contribution is 2.42. The molecule has 4 aromatic rings. The van der Waals surface area contributed by atoms with E-state index >= 15 is 0 Å². The zero-order valence-electron chi connectivity index (χ0n) is 19.3. The maximum atomic E-state index is 14.0. The van der Waals surface area contributed by atoms with Crippen molar-refractivity contribution in [2.45, 2.75) is 43.8 Å². The second-order valence-electron chi connectivity index (χ2n) is 8.99. The summed E-state index contributed by atoms with van der Waals surface area (Å²) in [6, 6.07) is 9.17. The highest BCUT2D eigenvalue weighted by molar-refractivity contribution is 5.98. The number of rotatable bonds is 5. The number of aryl methyl sites for hydroxylation is 1. The summed E-state index contributed by atoms with van der Waals surface area (Å²) in [5.41, 5.74) is 0.859. The molecule has 1 aliphatic heterocycles. The van der Waals surface area contributed by atoms with E-state index < -0.39 is 36.3 Å². The van der Waals surface area contributed by atoms with Crippen LogP contribution in [0.4, 0.5) is 32.0 Å². The second-order valence-corrected chi connectivity index (χ2v) is 8.99. The topological polar surface area (TPSA) is 92.3 Å². The Balaban J connectivity index is 1.56. The number of anilines is 1. The van der Waals surface area contributed by atoms with E-state index in [2.05, 4.69) is 15.0 Å². The third kappa shape index (κ3) is 3.93. The number of imidazole rings is 1. The third-order valence-corrected chi connectivity index (χ3v) is 6.67. The Morgan fingerprint density at radius 2 is 1.92 bits per heavy atom. The van der Waals surface area contributed by atoms with Crippen molar-refractivity contribution >= 4 is 17.0 Å². The number of pyridine rings is 2. The second kappa shape index (κ2) is 8.33. The molecule has 0 fully saturated rings. The molecule has 0 spiro atoms. The molecule has 7 nitrogen and oxygen atoms in total. The minimum absolute atomic E-state index is 0.0266. The van der Waals surface area contributed by atoms with Crippen molar-refractivity contribution in [3.05, 3.63) is 71.8 Å². The van der Waals surface area contributed by atoms with Crippen molar-refractivity contribution in [2.75, 3.05) is 5.01 Å². The maximum Gasteiger partial charge on any atom is 0.453 e. The number of carbonyl (C=O) groups is 1. The van der Waals surface area contributed by atoms with E-state index in [1.807, 2.05) is 0 Å². The Morgan fingerprint density at radius 3 is 2.59 bits per heavy atom. The molecular weight excluding hydrogens is 502 g/mol. The molecule has 5 heterocycles. The number of Topliss-reactive ketones (excluding diaryl/α,β-unsaturated/α-hetero) is 1. The van der Waals surface area contributed by atoms with E-state index in [0.29, 0.717) is 22.8 Å². The molecular formula is C24H20F6N6O. The Hall–Kier alpha value is -3.87. The molecule has 0 aromatic carbocycles. The van der Waals surface area contributed by atoms with Gasteiger partial charge in [0, 0.05) is 30.9 Å². The molecule has 1 unspecified atom stereocenters. The summed E-state index contributed by atoms with van der Waals surface area (Å²) in [5.74, 6) is 0.323. The number of hydrogen-bond donors (Lipinski definition) is 2. The smallest absolute Gasteiger partial charge is 0.355 e. The van der Waals surface area contributed by atoms with Gasteiger partial charge in [0.1, 0.15) is 17.3 Å². The van der Waals surface area contributed by atoms with Crippen LogP contribution in [0.3, 0.4) is 0 Å². The van der Waals surface area contributed by atoms with Crippen LogP contribution in [0.1, 0.15) is 30.6 Å². The summed E-state index contributed by atoms with van der Waals surface area (Å²) in [5, 5.41) is 1.28. The number of ketones is 1. The lowest BCUT2D eigenvalue weighted by Crippen LogP contribution is -2.57. The number of halogens is 6. The summed E-state index contributed by atoms with van der Waals surface area (Å²) in [4.78, 5) is 24.8. The van der Waals surface area contributed by atoms with E-state index in [1.54, 1.807) is 37.4 Å². The van der Waals surface area contributed by atoms with Crippen molar-refractivity contribution in [1.29, 1.82) is 0 Å². The van der Waals surface area contributed by atoms with E-state index in [0.717, 1.165) is 16.7 Å². The van der Waals surface area contributed by atoms with Crippen LogP contribution in [-0.2, 0) is 23.2 Å². The van der Waals surface area contributed by atoms with Crippen LogP contribution in [0.25, 0.3) is 16.9 Å².